The number of methoxy groups -OCH3 is 1. The van der Waals surface area contributed by atoms with E-state index < -0.39 is 0 Å². The Morgan fingerprint density at radius 2 is 2.10 bits per heavy atom. The lowest BCUT2D eigenvalue weighted by molar-refractivity contribution is 0.105. The van der Waals surface area contributed by atoms with Gasteiger partial charge in [-0.2, -0.15) is 0 Å². The molecule has 1 fully saturated rings. The SMILES string of the molecule is CCN(Cc1ccc(O)c(OC)c1)C1CCCCC1CN. The highest BCUT2D eigenvalue weighted by Gasteiger charge is 2.28. The Bertz CT molecular complexity index is 450. The van der Waals surface area contributed by atoms with Gasteiger partial charge >= 0.3 is 0 Å². The van der Waals surface area contributed by atoms with Gasteiger partial charge < -0.3 is 15.6 Å². The van der Waals surface area contributed by atoms with Crippen LogP contribution < -0.4 is 10.5 Å². The number of benzene rings is 1. The van der Waals surface area contributed by atoms with E-state index in [2.05, 4.69) is 11.8 Å². The molecule has 0 spiro atoms. The van der Waals surface area contributed by atoms with Crippen molar-refractivity contribution in [2.75, 3.05) is 20.2 Å². The third-order valence-electron chi connectivity index (χ3n) is 4.68. The van der Waals surface area contributed by atoms with Crippen molar-refractivity contribution in [3.63, 3.8) is 0 Å². The number of rotatable bonds is 6. The van der Waals surface area contributed by atoms with Crippen molar-refractivity contribution in [2.45, 2.75) is 45.2 Å². The molecule has 2 unspecified atom stereocenters. The fourth-order valence-corrected chi connectivity index (χ4v) is 3.46. The molecule has 1 aliphatic carbocycles. The van der Waals surface area contributed by atoms with Crippen molar-refractivity contribution in [1.82, 2.24) is 4.90 Å². The lowest BCUT2D eigenvalue weighted by Crippen LogP contribution is -2.44. The number of phenolic OH excluding ortho intramolecular Hbond substituents is 1. The zero-order valence-electron chi connectivity index (χ0n) is 13.2. The van der Waals surface area contributed by atoms with Gasteiger partial charge in [0.2, 0.25) is 0 Å². The molecule has 2 atom stereocenters. The fraction of sp³-hybridized carbons (Fsp3) is 0.647. The Morgan fingerprint density at radius 1 is 1.33 bits per heavy atom. The quantitative estimate of drug-likeness (QED) is 0.846. The largest absolute Gasteiger partial charge is 0.504 e. The number of ether oxygens (including phenoxy) is 1. The molecule has 1 aliphatic rings. The maximum Gasteiger partial charge on any atom is 0.160 e. The lowest BCUT2D eigenvalue weighted by Gasteiger charge is -2.39. The number of phenols is 1. The molecule has 1 aromatic carbocycles. The molecule has 0 amide bonds. The van der Waals surface area contributed by atoms with Crippen LogP contribution in [0.5, 0.6) is 11.5 Å². The molecule has 1 saturated carbocycles. The second kappa shape index (κ2) is 7.66. The van der Waals surface area contributed by atoms with Gasteiger partial charge in [0.05, 0.1) is 7.11 Å². The van der Waals surface area contributed by atoms with E-state index in [1.54, 1.807) is 13.2 Å². The van der Waals surface area contributed by atoms with Gasteiger partial charge in [0.1, 0.15) is 0 Å². The minimum absolute atomic E-state index is 0.196. The standard InChI is InChI=1S/C17H28N2O2/c1-3-19(15-7-5-4-6-14(15)11-18)12-13-8-9-16(20)17(10-13)21-2/h8-10,14-15,20H,3-7,11-12,18H2,1-2H3. The second-order valence-electron chi connectivity index (χ2n) is 5.92. The minimum atomic E-state index is 0.196. The zero-order valence-corrected chi connectivity index (χ0v) is 13.2. The summed E-state index contributed by atoms with van der Waals surface area (Å²) < 4.78 is 5.20. The molecule has 0 aliphatic heterocycles. The Balaban J connectivity index is 2.10. The summed E-state index contributed by atoms with van der Waals surface area (Å²) in [6, 6.07) is 6.19. The second-order valence-corrected chi connectivity index (χ2v) is 5.92. The van der Waals surface area contributed by atoms with Gasteiger partial charge in [0, 0.05) is 12.6 Å². The van der Waals surface area contributed by atoms with Crippen LogP contribution in [0.15, 0.2) is 18.2 Å². The van der Waals surface area contributed by atoms with Crippen LogP contribution in [0.4, 0.5) is 0 Å². The van der Waals surface area contributed by atoms with Crippen molar-refractivity contribution >= 4 is 0 Å². The van der Waals surface area contributed by atoms with E-state index in [0.717, 1.165) is 19.6 Å². The summed E-state index contributed by atoms with van der Waals surface area (Å²) in [5.74, 6) is 1.35. The topological polar surface area (TPSA) is 58.7 Å². The van der Waals surface area contributed by atoms with Gasteiger partial charge in [-0.25, -0.2) is 0 Å². The van der Waals surface area contributed by atoms with Crippen LogP contribution >= 0.6 is 0 Å². The van der Waals surface area contributed by atoms with E-state index in [-0.39, 0.29) is 5.75 Å². The third kappa shape index (κ3) is 3.89. The Morgan fingerprint density at radius 3 is 2.76 bits per heavy atom. The van der Waals surface area contributed by atoms with Crippen LogP contribution in [0.3, 0.4) is 0 Å². The highest BCUT2D eigenvalue weighted by Crippen LogP contribution is 2.31. The molecule has 0 radical (unpaired) electrons. The normalized spacial score (nSPS) is 22.5. The predicted molar refractivity (Wildman–Crippen MR) is 85.5 cm³/mol. The zero-order chi connectivity index (χ0) is 15.2. The maximum absolute atomic E-state index is 9.70. The number of nitrogens with two attached hydrogens (primary N) is 1. The highest BCUT2D eigenvalue weighted by atomic mass is 16.5. The first-order valence-corrected chi connectivity index (χ1v) is 7.99. The maximum atomic E-state index is 9.70. The molecule has 1 aromatic rings. The number of hydrogen-bond acceptors (Lipinski definition) is 4. The number of hydrogen-bond donors (Lipinski definition) is 2. The van der Waals surface area contributed by atoms with E-state index >= 15 is 0 Å². The van der Waals surface area contributed by atoms with E-state index in [1.807, 2.05) is 12.1 Å². The molecule has 3 N–H and O–H groups in total. The van der Waals surface area contributed by atoms with Crippen molar-refractivity contribution in [1.29, 1.82) is 0 Å². The summed E-state index contributed by atoms with van der Waals surface area (Å²) in [5, 5.41) is 9.70. The van der Waals surface area contributed by atoms with Crippen LogP contribution in [0.1, 0.15) is 38.2 Å². The molecule has 0 aromatic heterocycles. The van der Waals surface area contributed by atoms with Crippen molar-refractivity contribution < 1.29 is 9.84 Å². The van der Waals surface area contributed by atoms with Crippen molar-refractivity contribution in [3.05, 3.63) is 23.8 Å². The Hall–Kier alpha value is -1.26. The average Bonchev–Trinajstić information content (AvgIpc) is 2.54. The summed E-state index contributed by atoms with van der Waals surface area (Å²) in [4.78, 5) is 2.52. The summed E-state index contributed by atoms with van der Waals surface area (Å²) in [6.45, 7) is 4.89. The summed E-state index contributed by atoms with van der Waals surface area (Å²) >= 11 is 0. The van der Waals surface area contributed by atoms with Crippen LogP contribution in [0.25, 0.3) is 0 Å². The van der Waals surface area contributed by atoms with Crippen molar-refractivity contribution in [3.8, 4) is 11.5 Å². The predicted octanol–water partition coefficient (Wildman–Crippen LogP) is 2.74. The van der Waals surface area contributed by atoms with E-state index in [1.165, 1.54) is 31.2 Å². The Labute approximate surface area is 127 Å². The number of aromatic hydroxyl groups is 1. The van der Waals surface area contributed by atoms with Gasteiger partial charge in [-0.1, -0.05) is 25.8 Å². The minimum Gasteiger partial charge on any atom is -0.504 e. The smallest absolute Gasteiger partial charge is 0.160 e. The average molecular weight is 292 g/mol. The van der Waals surface area contributed by atoms with E-state index in [9.17, 15) is 5.11 Å². The molecule has 2 rings (SSSR count). The molecular weight excluding hydrogens is 264 g/mol. The van der Waals surface area contributed by atoms with Gasteiger partial charge in [0.25, 0.3) is 0 Å². The van der Waals surface area contributed by atoms with Crippen LogP contribution in [-0.2, 0) is 6.54 Å². The summed E-state index contributed by atoms with van der Waals surface area (Å²) in [5.41, 5.74) is 7.14. The molecule has 4 heteroatoms. The summed E-state index contributed by atoms with van der Waals surface area (Å²) in [6.07, 6.45) is 5.10. The molecule has 0 bridgehead atoms. The van der Waals surface area contributed by atoms with E-state index in [4.69, 9.17) is 10.5 Å². The van der Waals surface area contributed by atoms with E-state index in [0.29, 0.717) is 17.7 Å². The first kappa shape index (κ1) is 16.1. The number of nitrogens with zero attached hydrogens (tertiary/aromatic N) is 1. The van der Waals surface area contributed by atoms with Crippen LogP contribution in [0.2, 0.25) is 0 Å². The highest BCUT2D eigenvalue weighted by molar-refractivity contribution is 5.41. The molecular formula is C17H28N2O2. The van der Waals surface area contributed by atoms with Crippen LogP contribution in [0, 0.1) is 5.92 Å². The molecule has 21 heavy (non-hydrogen) atoms. The van der Waals surface area contributed by atoms with Gasteiger partial charge in [-0.3, -0.25) is 4.90 Å². The third-order valence-corrected chi connectivity index (χ3v) is 4.68. The molecule has 4 nitrogen and oxygen atoms in total. The van der Waals surface area contributed by atoms with Gasteiger partial charge in [0.15, 0.2) is 11.5 Å². The van der Waals surface area contributed by atoms with Gasteiger partial charge in [-0.15, -0.1) is 0 Å². The Kier molecular flexibility index (Phi) is 5.88. The fourth-order valence-electron chi connectivity index (χ4n) is 3.46. The summed E-state index contributed by atoms with van der Waals surface area (Å²) in [7, 11) is 1.59. The molecule has 0 saturated heterocycles. The van der Waals surface area contributed by atoms with Crippen LogP contribution in [-0.4, -0.2) is 36.2 Å². The molecule has 118 valence electrons. The lowest BCUT2D eigenvalue weighted by atomic mass is 9.83. The van der Waals surface area contributed by atoms with Crippen molar-refractivity contribution in [2.24, 2.45) is 11.7 Å². The monoisotopic (exact) mass is 292 g/mol. The first-order chi connectivity index (χ1) is 10.2. The first-order valence-electron chi connectivity index (χ1n) is 7.99. The van der Waals surface area contributed by atoms with Gasteiger partial charge in [-0.05, 0) is 49.5 Å². The molecule has 0 heterocycles.